The Morgan fingerprint density at radius 3 is 2.15 bits per heavy atom. The number of hydrogen-bond acceptors (Lipinski definition) is 4. The molecular weight excluding hydrogens is 543 g/mol. The molecule has 0 radical (unpaired) electrons. The zero-order valence-corrected chi connectivity index (χ0v) is 21.7. The maximum absolute atomic E-state index is 13.8. The van der Waals surface area contributed by atoms with E-state index in [1.807, 2.05) is 6.92 Å². The van der Waals surface area contributed by atoms with Gasteiger partial charge in [-0.3, -0.25) is 4.79 Å². The summed E-state index contributed by atoms with van der Waals surface area (Å²) >= 11 is 0. The Balaban J connectivity index is 1.44. The number of carbonyl (C=O) groups excluding carboxylic acids is 1. The largest absolute Gasteiger partial charge is 0.416 e. The number of hydrogen-bond donors (Lipinski definition) is 0. The molecule has 2 heterocycles. The van der Waals surface area contributed by atoms with Crippen LogP contribution in [-0.2, 0) is 26.6 Å². The van der Waals surface area contributed by atoms with E-state index >= 15 is 0 Å². The number of likely N-dealkylation sites (tertiary alicyclic amines) is 1. The van der Waals surface area contributed by atoms with Crippen molar-refractivity contribution in [3.63, 3.8) is 0 Å². The highest BCUT2D eigenvalue weighted by atomic mass is 19.4. The maximum atomic E-state index is 13.8. The van der Waals surface area contributed by atoms with Crippen LogP contribution in [0.3, 0.4) is 0 Å². The Hall–Kier alpha value is -2.92. The molecule has 3 aliphatic rings. The zero-order chi connectivity index (χ0) is 29.0. The van der Waals surface area contributed by atoms with Crippen molar-refractivity contribution in [3.8, 4) is 0 Å². The summed E-state index contributed by atoms with van der Waals surface area (Å²) in [5, 5.41) is 0. The summed E-state index contributed by atoms with van der Waals surface area (Å²) in [7, 11) is 0. The first kappa shape index (κ1) is 28.6. The number of fused-ring (bicyclic) bond motifs is 1. The van der Waals surface area contributed by atoms with Gasteiger partial charge in [-0.1, -0.05) is 19.1 Å². The van der Waals surface area contributed by atoms with Gasteiger partial charge in [0.05, 0.1) is 23.8 Å². The summed E-state index contributed by atoms with van der Waals surface area (Å²) < 4.78 is 107. The van der Waals surface area contributed by atoms with Crippen molar-refractivity contribution < 1.29 is 45.0 Å². The molecule has 6 atom stereocenters. The van der Waals surface area contributed by atoms with Crippen LogP contribution < -0.4 is 0 Å². The van der Waals surface area contributed by atoms with Crippen LogP contribution in [0.2, 0.25) is 0 Å². The van der Waals surface area contributed by atoms with Gasteiger partial charge in [-0.05, 0) is 60.7 Å². The van der Waals surface area contributed by atoms with Crippen LogP contribution >= 0.6 is 0 Å². The quantitative estimate of drug-likeness (QED) is 0.359. The van der Waals surface area contributed by atoms with Crippen molar-refractivity contribution in [2.45, 2.75) is 50.9 Å². The van der Waals surface area contributed by atoms with Gasteiger partial charge in [0.25, 0.3) is 0 Å². The Labute approximate surface area is 226 Å². The highest BCUT2D eigenvalue weighted by molar-refractivity contribution is 5.94. The lowest BCUT2D eigenvalue weighted by atomic mass is 9.77. The third kappa shape index (κ3) is 5.76. The van der Waals surface area contributed by atoms with E-state index in [-0.39, 0.29) is 41.8 Å². The number of benzene rings is 2. The molecule has 1 unspecified atom stereocenters. The fraction of sp³-hybridized carbons (Fsp3) is 0.483. The van der Waals surface area contributed by atoms with E-state index in [0.29, 0.717) is 37.2 Å². The molecule has 0 spiro atoms. The number of halogens is 7. The van der Waals surface area contributed by atoms with Gasteiger partial charge in [0.15, 0.2) is 12.1 Å². The molecule has 2 aromatic rings. The Morgan fingerprint density at radius 2 is 1.60 bits per heavy atom. The predicted molar refractivity (Wildman–Crippen MR) is 130 cm³/mol. The monoisotopic (exact) mass is 571 g/mol. The minimum Gasteiger partial charge on any atom is -0.374 e. The van der Waals surface area contributed by atoms with Gasteiger partial charge >= 0.3 is 12.4 Å². The highest BCUT2D eigenvalue weighted by Crippen LogP contribution is 2.47. The molecule has 2 aromatic carbocycles. The summed E-state index contributed by atoms with van der Waals surface area (Å²) in [6.45, 7) is 4.67. The normalized spacial score (nSPS) is 28.0. The van der Waals surface area contributed by atoms with Crippen LogP contribution in [0.25, 0.3) is 0 Å². The van der Waals surface area contributed by atoms with Crippen LogP contribution in [0, 0.1) is 23.6 Å². The third-order valence-corrected chi connectivity index (χ3v) is 8.11. The predicted octanol–water partition coefficient (Wildman–Crippen LogP) is 7.12. The van der Waals surface area contributed by atoms with Crippen LogP contribution in [0.15, 0.2) is 54.2 Å². The van der Waals surface area contributed by atoms with Crippen LogP contribution in [0.5, 0.6) is 0 Å². The SMILES string of the molecule is CC1CC(N2C[C@H]3CO[C@H](O[C@H](C)c4cc(C(F)(F)F)cc(C(F)(F)F)c4)[C@@H](c4ccc(F)cc4)[C@@H]3C2)=CC1=O. The first-order chi connectivity index (χ1) is 18.7. The van der Waals surface area contributed by atoms with E-state index < -0.39 is 47.6 Å². The second kappa shape index (κ2) is 10.5. The molecule has 1 aliphatic carbocycles. The van der Waals surface area contributed by atoms with Gasteiger partial charge in [-0.15, -0.1) is 0 Å². The number of carbonyl (C=O) groups is 1. The van der Waals surface area contributed by atoms with Crippen LogP contribution in [-0.4, -0.2) is 36.7 Å². The van der Waals surface area contributed by atoms with Crippen molar-refractivity contribution in [1.29, 1.82) is 0 Å². The number of rotatable bonds is 5. The molecule has 5 rings (SSSR count). The van der Waals surface area contributed by atoms with Crippen molar-refractivity contribution in [3.05, 3.63) is 82.3 Å². The van der Waals surface area contributed by atoms with Gasteiger partial charge in [0, 0.05) is 42.6 Å². The molecule has 2 aliphatic heterocycles. The molecule has 2 saturated heterocycles. The summed E-state index contributed by atoms with van der Waals surface area (Å²) in [5.74, 6) is -1.02. The number of nitrogens with zero attached hydrogens (tertiary/aromatic N) is 1. The summed E-state index contributed by atoms with van der Waals surface area (Å²) in [6, 6.07) is 7.13. The van der Waals surface area contributed by atoms with Gasteiger partial charge in [-0.25, -0.2) is 4.39 Å². The van der Waals surface area contributed by atoms with Crippen molar-refractivity contribution in [2.75, 3.05) is 19.7 Å². The first-order valence-electron chi connectivity index (χ1n) is 13.0. The molecule has 2 fully saturated rings. The van der Waals surface area contributed by atoms with Gasteiger partial charge in [0.2, 0.25) is 0 Å². The molecule has 0 N–H and O–H groups in total. The topological polar surface area (TPSA) is 38.8 Å². The van der Waals surface area contributed by atoms with Crippen LogP contribution in [0.4, 0.5) is 30.7 Å². The smallest absolute Gasteiger partial charge is 0.374 e. The number of allylic oxidation sites excluding steroid dienone is 2. The lowest BCUT2D eigenvalue weighted by molar-refractivity contribution is -0.217. The molecule has 11 heteroatoms. The van der Waals surface area contributed by atoms with Crippen molar-refractivity contribution in [2.24, 2.45) is 17.8 Å². The maximum Gasteiger partial charge on any atom is 0.416 e. The van der Waals surface area contributed by atoms with E-state index in [1.54, 1.807) is 18.2 Å². The average Bonchev–Trinajstić information content (AvgIpc) is 3.46. The Kier molecular flexibility index (Phi) is 7.50. The second-order valence-electron chi connectivity index (χ2n) is 10.9. The van der Waals surface area contributed by atoms with Gasteiger partial charge < -0.3 is 14.4 Å². The average molecular weight is 572 g/mol. The Bertz CT molecular complexity index is 1260. The van der Waals surface area contributed by atoms with E-state index in [9.17, 15) is 35.5 Å². The minimum absolute atomic E-state index is 0.0301. The molecular formula is C29H28F7NO3. The first-order valence-corrected chi connectivity index (χ1v) is 13.0. The molecule has 0 aromatic heterocycles. The van der Waals surface area contributed by atoms with Crippen molar-refractivity contribution in [1.82, 2.24) is 4.90 Å². The summed E-state index contributed by atoms with van der Waals surface area (Å²) in [4.78, 5) is 14.3. The third-order valence-electron chi connectivity index (χ3n) is 8.11. The summed E-state index contributed by atoms with van der Waals surface area (Å²) in [6.07, 6.45) is -9.89. The number of ether oxygens (including phenoxy) is 2. The standard InChI is InChI=1S/C29H28F7NO3/c1-15-7-23(11-25(15)38)37-12-19-14-39-27(26(24(19)13-37)17-3-5-22(30)6-4-17)40-16(2)18-8-20(28(31,32)33)10-21(9-18)29(34,35)36/h3-6,8-11,15-16,19,24,26-27H,7,12-14H2,1-2H3/t15?,16-,19+,24-,26+,27-/m1/s1. The van der Waals surface area contributed by atoms with E-state index in [4.69, 9.17) is 9.47 Å². The van der Waals surface area contributed by atoms with E-state index in [1.165, 1.54) is 19.1 Å². The molecule has 0 bridgehead atoms. The zero-order valence-electron chi connectivity index (χ0n) is 21.7. The van der Waals surface area contributed by atoms with Gasteiger partial charge in [-0.2, -0.15) is 26.3 Å². The second-order valence-corrected chi connectivity index (χ2v) is 10.9. The fourth-order valence-electron chi connectivity index (χ4n) is 5.94. The minimum atomic E-state index is -4.98. The molecule has 40 heavy (non-hydrogen) atoms. The lowest BCUT2D eigenvalue weighted by Gasteiger charge is -2.40. The fourth-order valence-corrected chi connectivity index (χ4v) is 5.94. The van der Waals surface area contributed by atoms with Crippen molar-refractivity contribution >= 4 is 5.78 Å². The van der Waals surface area contributed by atoms with Gasteiger partial charge in [0.1, 0.15) is 5.82 Å². The Morgan fingerprint density at radius 1 is 0.975 bits per heavy atom. The number of alkyl halides is 6. The molecule has 0 amide bonds. The summed E-state index contributed by atoms with van der Waals surface area (Å²) in [5.41, 5.74) is -1.53. The van der Waals surface area contributed by atoms with Crippen LogP contribution in [0.1, 0.15) is 54.5 Å². The highest BCUT2D eigenvalue weighted by Gasteiger charge is 2.48. The number of ketones is 1. The van der Waals surface area contributed by atoms with E-state index in [0.717, 1.165) is 5.70 Å². The molecule has 4 nitrogen and oxygen atoms in total. The van der Waals surface area contributed by atoms with E-state index in [2.05, 4.69) is 4.90 Å². The lowest BCUT2D eigenvalue weighted by Crippen LogP contribution is -2.42. The molecule has 0 saturated carbocycles. The molecule has 216 valence electrons.